The topological polar surface area (TPSA) is 34.1 Å². The van der Waals surface area contributed by atoms with Gasteiger partial charge in [-0.25, -0.2) is 0 Å². The Kier molecular flexibility index (Phi) is 2.78. The number of hydrogen-bond acceptors (Lipinski definition) is 2. The lowest BCUT2D eigenvalue weighted by Crippen LogP contribution is -2.20. The zero-order valence-corrected chi connectivity index (χ0v) is 13.2. The van der Waals surface area contributed by atoms with E-state index in [0.29, 0.717) is 5.92 Å². The summed E-state index contributed by atoms with van der Waals surface area (Å²) in [5.41, 5.74) is 7.38. The minimum atomic E-state index is 0.0613. The molecule has 24 heavy (non-hydrogen) atoms. The Morgan fingerprint density at radius 3 is 2.58 bits per heavy atom. The molecule has 0 N–H and O–H groups in total. The van der Waals surface area contributed by atoms with Gasteiger partial charge in [0.15, 0.2) is 11.6 Å². The first kappa shape index (κ1) is 13.7. The molecule has 5 rings (SSSR count). The molecule has 0 aromatic carbocycles. The minimum Gasteiger partial charge on any atom is -0.290 e. The van der Waals surface area contributed by atoms with E-state index < -0.39 is 0 Å². The van der Waals surface area contributed by atoms with E-state index in [4.69, 9.17) is 0 Å². The van der Waals surface area contributed by atoms with Gasteiger partial charge in [-0.3, -0.25) is 9.59 Å². The normalized spacial score (nSPS) is 29.8. The molecule has 0 aromatic rings. The minimum absolute atomic E-state index is 0.0613. The average Bonchev–Trinajstić information content (AvgIpc) is 2.56. The maximum absolute atomic E-state index is 11.6. The molecule has 0 heterocycles. The van der Waals surface area contributed by atoms with Gasteiger partial charge in [-0.05, 0) is 65.0 Å². The van der Waals surface area contributed by atoms with Gasteiger partial charge < -0.3 is 0 Å². The third-order valence-corrected chi connectivity index (χ3v) is 5.39. The SMILES string of the molecule is O=C1C=CC2=CC3CC4=CC5C=CC(=O)C=C5C=C4CC3=CC2=C1. The summed E-state index contributed by atoms with van der Waals surface area (Å²) in [7, 11) is 0. The number of allylic oxidation sites excluding steroid dienone is 16. The molecule has 0 amide bonds. The second-order valence-corrected chi connectivity index (χ2v) is 6.96. The van der Waals surface area contributed by atoms with Crippen molar-refractivity contribution in [3.05, 3.63) is 94.2 Å². The predicted molar refractivity (Wildman–Crippen MR) is 93.0 cm³/mol. The van der Waals surface area contributed by atoms with Crippen molar-refractivity contribution >= 4 is 11.6 Å². The Balaban J connectivity index is 1.53. The number of ketones is 2. The Labute approximate surface area is 140 Å². The molecule has 0 aromatic heterocycles. The van der Waals surface area contributed by atoms with Crippen molar-refractivity contribution in [2.45, 2.75) is 12.8 Å². The molecule has 0 radical (unpaired) electrons. The summed E-state index contributed by atoms with van der Waals surface area (Å²) < 4.78 is 0. The Morgan fingerprint density at radius 2 is 1.67 bits per heavy atom. The van der Waals surface area contributed by atoms with Gasteiger partial charge in [0, 0.05) is 11.8 Å². The van der Waals surface area contributed by atoms with E-state index in [-0.39, 0.29) is 17.5 Å². The summed E-state index contributed by atoms with van der Waals surface area (Å²) in [6.07, 6.45) is 21.6. The molecule has 2 heteroatoms. The molecular formula is C22H16O2. The fourth-order valence-electron chi connectivity index (χ4n) is 4.18. The van der Waals surface area contributed by atoms with Crippen LogP contribution in [0.2, 0.25) is 0 Å². The molecule has 5 aliphatic rings. The number of carbonyl (C=O) groups excluding carboxylic acids is 2. The van der Waals surface area contributed by atoms with Crippen LogP contribution in [0.3, 0.4) is 0 Å². The monoisotopic (exact) mass is 312 g/mol. The lowest BCUT2D eigenvalue weighted by Gasteiger charge is -2.35. The van der Waals surface area contributed by atoms with Crippen molar-refractivity contribution in [2.75, 3.05) is 0 Å². The van der Waals surface area contributed by atoms with E-state index in [1.165, 1.54) is 16.7 Å². The van der Waals surface area contributed by atoms with Gasteiger partial charge in [-0.1, -0.05) is 42.0 Å². The van der Waals surface area contributed by atoms with E-state index in [0.717, 1.165) is 29.6 Å². The molecule has 0 spiro atoms. The molecular weight excluding hydrogens is 296 g/mol. The zero-order chi connectivity index (χ0) is 16.3. The Bertz CT molecular complexity index is 938. The smallest absolute Gasteiger partial charge is 0.179 e. The van der Waals surface area contributed by atoms with Crippen molar-refractivity contribution in [2.24, 2.45) is 11.8 Å². The molecule has 5 aliphatic carbocycles. The van der Waals surface area contributed by atoms with Crippen molar-refractivity contribution in [1.29, 1.82) is 0 Å². The zero-order valence-electron chi connectivity index (χ0n) is 13.2. The van der Waals surface area contributed by atoms with Crippen LogP contribution < -0.4 is 0 Å². The molecule has 116 valence electrons. The summed E-state index contributed by atoms with van der Waals surface area (Å²) in [6.45, 7) is 0. The van der Waals surface area contributed by atoms with Crippen LogP contribution in [0, 0.1) is 11.8 Å². The van der Waals surface area contributed by atoms with Gasteiger partial charge in [0.05, 0.1) is 0 Å². The lowest BCUT2D eigenvalue weighted by molar-refractivity contribution is -0.111. The van der Waals surface area contributed by atoms with Gasteiger partial charge in [0.1, 0.15) is 0 Å². The van der Waals surface area contributed by atoms with E-state index in [9.17, 15) is 9.59 Å². The second-order valence-electron chi connectivity index (χ2n) is 6.96. The van der Waals surface area contributed by atoms with E-state index in [2.05, 4.69) is 24.3 Å². The van der Waals surface area contributed by atoms with E-state index >= 15 is 0 Å². The van der Waals surface area contributed by atoms with Crippen molar-refractivity contribution in [3.63, 3.8) is 0 Å². The first-order valence-corrected chi connectivity index (χ1v) is 8.37. The van der Waals surface area contributed by atoms with Crippen LogP contribution in [0.15, 0.2) is 94.2 Å². The van der Waals surface area contributed by atoms with Crippen LogP contribution in [0.5, 0.6) is 0 Å². The Morgan fingerprint density at radius 1 is 0.792 bits per heavy atom. The molecule has 1 saturated carbocycles. The van der Waals surface area contributed by atoms with Crippen molar-refractivity contribution in [1.82, 2.24) is 0 Å². The van der Waals surface area contributed by atoms with Gasteiger partial charge in [0.2, 0.25) is 0 Å². The fraction of sp³-hybridized carbons (Fsp3) is 0.182. The summed E-state index contributed by atoms with van der Waals surface area (Å²) >= 11 is 0. The van der Waals surface area contributed by atoms with Gasteiger partial charge in [-0.15, -0.1) is 0 Å². The highest BCUT2D eigenvalue weighted by Crippen LogP contribution is 2.46. The second kappa shape index (κ2) is 4.88. The first-order valence-electron chi connectivity index (χ1n) is 8.37. The molecule has 0 saturated heterocycles. The van der Waals surface area contributed by atoms with Crippen LogP contribution in [0.1, 0.15) is 12.8 Å². The molecule has 1 fully saturated rings. The molecule has 2 nitrogen and oxygen atoms in total. The number of carbonyl (C=O) groups is 2. The van der Waals surface area contributed by atoms with Crippen LogP contribution in [-0.4, -0.2) is 11.6 Å². The predicted octanol–water partition coefficient (Wildman–Crippen LogP) is 3.88. The molecule has 2 unspecified atom stereocenters. The largest absolute Gasteiger partial charge is 0.290 e. The van der Waals surface area contributed by atoms with Gasteiger partial charge >= 0.3 is 0 Å². The van der Waals surface area contributed by atoms with Gasteiger partial charge in [-0.2, -0.15) is 0 Å². The maximum atomic E-state index is 11.6. The summed E-state index contributed by atoms with van der Waals surface area (Å²) in [5.74, 6) is 0.793. The molecule has 2 atom stereocenters. The molecule has 0 bridgehead atoms. The summed E-state index contributed by atoms with van der Waals surface area (Å²) in [4.78, 5) is 23.2. The van der Waals surface area contributed by atoms with Gasteiger partial charge in [0.25, 0.3) is 0 Å². The average molecular weight is 312 g/mol. The van der Waals surface area contributed by atoms with Crippen LogP contribution in [0.25, 0.3) is 0 Å². The maximum Gasteiger partial charge on any atom is 0.179 e. The standard InChI is InChI=1S/C22H16O2/c23-21-3-1-13-5-15-7-16-6-14-2-4-22(24)12-20(14)10-18(16)8-17(15)9-19(13)11-21/h1-6,9-13,16H,7-8H2. The quantitative estimate of drug-likeness (QED) is 0.680. The summed E-state index contributed by atoms with van der Waals surface area (Å²) in [5, 5.41) is 0. The third-order valence-electron chi connectivity index (χ3n) is 5.39. The van der Waals surface area contributed by atoms with Crippen LogP contribution in [0.4, 0.5) is 0 Å². The van der Waals surface area contributed by atoms with Crippen LogP contribution in [-0.2, 0) is 9.59 Å². The highest BCUT2D eigenvalue weighted by atomic mass is 16.1. The Hall–Kier alpha value is -2.74. The van der Waals surface area contributed by atoms with Crippen LogP contribution >= 0.6 is 0 Å². The summed E-state index contributed by atoms with van der Waals surface area (Å²) in [6, 6.07) is 0. The first-order chi connectivity index (χ1) is 11.7. The molecule has 0 aliphatic heterocycles. The van der Waals surface area contributed by atoms with Crippen molar-refractivity contribution < 1.29 is 9.59 Å². The lowest BCUT2D eigenvalue weighted by atomic mass is 9.69. The van der Waals surface area contributed by atoms with E-state index in [1.807, 2.05) is 12.2 Å². The van der Waals surface area contributed by atoms with Crippen molar-refractivity contribution in [3.8, 4) is 0 Å². The van der Waals surface area contributed by atoms with E-state index in [1.54, 1.807) is 24.3 Å². The highest BCUT2D eigenvalue weighted by Gasteiger charge is 2.31. The third kappa shape index (κ3) is 2.10. The number of hydrogen-bond donors (Lipinski definition) is 0. The number of fused-ring (bicyclic) bond motifs is 4. The highest BCUT2D eigenvalue weighted by molar-refractivity contribution is 6.03. The fourth-order valence-corrected chi connectivity index (χ4v) is 4.18. The number of rotatable bonds is 0.